The molecule has 0 fully saturated rings. The van der Waals surface area contributed by atoms with E-state index in [2.05, 4.69) is 15.5 Å². The maximum absolute atomic E-state index is 13.2. The molecule has 142 valence electrons. The number of nitrogens with one attached hydrogen (secondary N) is 1. The molecule has 0 radical (unpaired) electrons. The fourth-order valence-corrected chi connectivity index (χ4v) is 3.02. The van der Waals surface area contributed by atoms with Crippen molar-refractivity contribution in [1.82, 2.24) is 20.1 Å². The summed E-state index contributed by atoms with van der Waals surface area (Å²) in [5.74, 6) is 1.23. The second kappa shape index (κ2) is 8.92. The van der Waals surface area contributed by atoms with Gasteiger partial charge in [0.05, 0.1) is 23.6 Å². The van der Waals surface area contributed by atoms with Crippen molar-refractivity contribution in [2.24, 2.45) is 7.05 Å². The molecule has 7 nitrogen and oxygen atoms in total. The zero-order valence-electron chi connectivity index (χ0n) is 14.3. The Kier molecular flexibility index (Phi) is 6.36. The second-order valence-corrected chi connectivity index (χ2v) is 6.82. The number of ether oxygens (including phenoxy) is 1. The van der Waals surface area contributed by atoms with Gasteiger partial charge in [-0.1, -0.05) is 23.4 Å². The molecule has 1 amide bonds. The van der Waals surface area contributed by atoms with Crippen LogP contribution in [0.2, 0.25) is 5.02 Å². The van der Waals surface area contributed by atoms with Gasteiger partial charge in [0.15, 0.2) is 11.0 Å². The van der Waals surface area contributed by atoms with Gasteiger partial charge in [-0.25, -0.2) is 4.39 Å². The molecule has 0 spiro atoms. The van der Waals surface area contributed by atoms with Crippen LogP contribution in [-0.2, 0) is 25.0 Å². The van der Waals surface area contributed by atoms with E-state index in [1.165, 1.54) is 30.0 Å². The predicted molar refractivity (Wildman–Crippen MR) is 98.0 cm³/mol. The monoisotopic (exact) mass is 410 g/mol. The number of hydrogen-bond donors (Lipinski definition) is 1. The van der Waals surface area contributed by atoms with Gasteiger partial charge in [0.1, 0.15) is 23.9 Å². The molecule has 0 saturated carbocycles. The van der Waals surface area contributed by atoms with Crippen molar-refractivity contribution in [3.8, 4) is 5.75 Å². The number of amides is 1. The predicted octanol–water partition coefficient (Wildman–Crippen LogP) is 3.19. The van der Waals surface area contributed by atoms with Crippen LogP contribution in [-0.4, -0.2) is 26.4 Å². The third kappa shape index (κ3) is 5.24. The molecule has 1 aromatic carbocycles. The summed E-state index contributed by atoms with van der Waals surface area (Å²) in [5.41, 5.74) is 0. The van der Waals surface area contributed by atoms with E-state index in [9.17, 15) is 9.18 Å². The van der Waals surface area contributed by atoms with E-state index in [4.69, 9.17) is 20.8 Å². The van der Waals surface area contributed by atoms with Gasteiger partial charge in [0.2, 0.25) is 5.91 Å². The molecule has 3 rings (SSSR count). The van der Waals surface area contributed by atoms with Crippen molar-refractivity contribution in [3.63, 3.8) is 0 Å². The molecule has 10 heteroatoms. The van der Waals surface area contributed by atoms with Crippen LogP contribution in [0.1, 0.15) is 11.6 Å². The number of furan rings is 1. The number of hydrogen-bond acceptors (Lipinski definition) is 6. The molecule has 2 aromatic heterocycles. The number of thioether (sulfide) groups is 1. The van der Waals surface area contributed by atoms with Gasteiger partial charge in [0.25, 0.3) is 0 Å². The lowest BCUT2D eigenvalue weighted by Crippen LogP contribution is -2.24. The van der Waals surface area contributed by atoms with Gasteiger partial charge in [-0.2, -0.15) is 0 Å². The Hall–Kier alpha value is -2.52. The number of rotatable bonds is 8. The van der Waals surface area contributed by atoms with Crippen LogP contribution in [0.25, 0.3) is 0 Å². The van der Waals surface area contributed by atoms with E-state index in [-0.39, 0.29) is 23.3 Å². The molecule has 0 saturated heterocycles. The van der Waals surface area contributed by atoms with Gasteiger partial charge < -0.3 is 19.0 Å². The van der Waals surface area contributed by atoms with E-state index >= 15 is 0 Å². The first-order valence-electron chi connectivity index (χ1n) is 7.91. The van der Waals surface area contributed by atoms with Gasteiger partial charge in [-0.3, -0.25) is 4.79 Å². The minimum atomic E-state index is -0.508. The van der Waals surface area contributed by atoms with E-state index in [1.54, 1.807) is 30.0 Å². The molecule has 27 heavy (non-hydrogen) atoms. The first-order chi connectivity index (χ1) is 13.0. The maximum Gasteiger partial charge on any atom is 0.230 e. The van der Waals surface area contributed by atoms with E-state index < -0.39 is 5.82 Å². The lowest BCUT2D eigenvalue weighted by molar-refractivity contribution is -0.118. The van der Waals surface area contributed by atoms with Crippen molar-refractivity contribution >= 4 is 29.3 Å². The summed E-state index contributed by atoms with van der Waals surface area (Å²) in [5, 5.41) is 11.4. The van der Waals surface area contributed by atoms with Crippen LogP contribution in [0, 0.1) is 5.82 Å². The van der Waals surface area contributed by atoms with Crippen LogP contribution < -0.4 is 10.1 Å². The number of halogens is 2. The summed E-state index contributed by atoms with van der Waals surface area (Å²) in [7, 11) is 1.78. The topological polar surface area (TPSA) is 82.2 Å². The Morgan fingerprint density at radius 3 is 3.00 bits per heavy atom. The van der Waals surface area contributed by atoms with Gasteiger partial charge in [-0.15, -0.1) is 10.2 Å². The average molecular weight is 411 g/mol. The first kappa shape index (κ1) is 19.2. The fraction of sp³-hybridized carbons (Fsp3) is 0.235. The van der Waals surface area contributed by atoms with Crippen LogP contribution in [0.15, 0.2) is 46.2 Å². The summed E-state index contributed by atoms with van der Waals surface area (Å²) in [4.78, 5) is 11.9. The van der Waals surface area contributed by atoms with Crippen molar-refractivity contribution < 1.29 is 18.3 Å². The molecule has 0 atom stereocenters. The molecule has 0 aliphatic carbocycles. The van der Waals surface area contributed by atoms with Gasteiger partial charge >= 0.3 is 0 Å². The van der Waals surface area contributed by atoms with E-state index in [0.717, 1.165) is 0 Å². The van der Waals surface area contributed by atoms with Crippen LogP contribution >= 0.6 is 23.4 Å². The number of benzene rings is 1. The van der Waals surface area contributed by atoms with Crippen molar-refractivity contribution in [1.29, 1.82) is 0 Å². The first-order valence-corrected chi connectivity index (χ1v) is 9.27. The summed E-state index contributed by atoms with van der Waals surface area (Å²) >= 11 is 6.98. The number of carbonyl (C=O) groups excluding carboxylic acids is 1. The van der Waals surface area contributed by atoms with Crippen molar-refractivity contribution in [3.05, 3.63) is 59.0 Å². The zero-order chi connectivity index (χ0) is 19.2. The number of nitrogens with zero attached hydrogens (tertiary/aromatic N) is 3. The lowest BCUT2D eigenvalue weighted by Gasteiger charge is -2.07. The van der Waals surface area contributed by atoms with Crippen molar-refractivity contribution in [2.75, 3.05) is 5.75 Å². The highest BCUT2D eigenvalue weighted by Gasteiger charge is 2.12. The highest BCUT2D eigenvalue weighted by molar-refractivity contribution is 7.99. The molecule has 0 aliphatic rings. The summed E-state index contributed by atoms with van der Waals surface area (Å²) in [6.45, 7) is 0.473. The zero-order valence-corrected chi connectivity index (χ0v) is 15.9. The minimum Gasteiger partial charge on any atom is -0.486 e. The lowest BCUT2D eigenvalue weighted by atomic mass is 10.3. The van der Waals surface area contributed by atoms with Crippen molar-refractivity contribution in [2.45, 2.75) is 18.3 Å². The third-order valence-corrected chi connectivity index (χ3v) is 4.87. The second-order valence-electron chi connectivity index (χ2n) is 5.47. The summed E-state index contributed by atoms with van der Waals surface area (Å²) in [6, 6.07) is 7.66. The van der Waals surface area contributed by atoms with Gasteiger partial charge in [0, 0.05) is 13.1 Å². The Bertz CT molecular complexity index is 917. The highest BCUT2D eigenvalue weighted by atomic mass is 35.5. The van der Waals surface area contributed by atoms with E-state index in [0.29, 0.717) is 29.0 Å². The molecule has 0 bridgehead atoms. The Balaban J connectivity index is 1.49. The molecule has 2 heterocycles. The smallest absolute Gasteiger partial charge is 0.230 e. The molecule has 0 aliphatic heterocycles. The molecule has 1 N–H and O–H groups in total. The standard InChI is InChI=1S/C17H16ClFN4O3S/c1-23-15(9-26-11-4-5-14(19)13(18)7-11)21-22-17(23)27-10-16(24)20-8-12-3-2-6-25-12/h2-7H,8-10H2,1H3,(H,20,24). The SMILES string of the molecule is Cn1c(COc2ccc(F)c(Cl)c2)nnc1SCC(=O)NCc1ccco1. The summed E-state index contributed by atoms with van der Waals surface area (Å²) in [6.07, 6.45) is 1.55. The third-order valence-electron chi connectivity index (χ3n) is 3.56. The normalized spacial score (nSPS) is 10.8. The average Bonchev–Trinajstić information content (AvgIpc) is 3.29. The van der Waals surface area contributed by atoms with Gasteiger partial charge in [-0.05, 0) is 24.3 Å². The quantitative estimate of drug-likeness (QED) is 0.574. The maximum atomic E-state index is 13.2. The number of aromatic nitrogens is 3. The minimum absolute atomic E-state index is 0.0118. The largest absolute Gasteiger partial charge is 0.486 e. The molecule has 0 unspecified atom stereocenters. The van der Waals surface area contributed by atoms with Crippen LogP contribution in [0.5, 0.6) is 5.75 Å². The molecular weight excluding hydrogens is 395 g/mol. The Morgan fingerprint density at radius 1 is 1.41 bits per heavy atom. The Morgan fingerprint density at radius 2 is 2.26 bits per heavy atom. The Labute approximate surface area is 163 Å². The van der Waals surface area contributed by atoms with E-state index in [1.807, 2.05) is 0 Å². The fourth-order valence-electron chi connectivity index (χ4n) is 2.09. The van der Waals surface area contributed by atoms with Crippen LogP contribution in [0.4, 0.5) is 4.39 Å². The molecular formula is C17H16ClFN4O3S. The molecule has 3 aromatic rings. The number of carbonyl (C=O) groups is 1. The van der Waals surface area contributed by atoms with Crippen LogP contribution in [0.3, 0.4) is 0 Å². The highest BCUT2D eigenvalue weighted by Crippen LogP contribution is 2.22. The summed E-state index contributed by atoms with van der Waals surface area (Å²) < 4.78 is 25.6.